The van der Waals surface area contributed by atoms with Crippen molar-refractivity contribution in [3.8, 4) is 17.2 Å². The van der Waals surface area contributed by atoms with E-state index in [0.29, 0.717) is 10.6 Å². The summed E-state index contributed by atoms with van der Waals surface area (Å²) < 4.78 is 30.9. The smallest absolute Gasteiger partial charge is 0.348 e. The average Bonchev–Trinajstić information content (AvgIpc) is 3.33. The fraction of sp³-hybridized carbons (Fsp3) is 0.182. The molecule has 4 rings (SSSR count). The van der Waals surface area contributed by atoms with Crippen molar-refractivity contribution >= 4 is 27.5 Å². The van der Waals surface area contributed by atoms with Crippen LogP contribution in [-0.4, -0.2) is 36.1 Å². The van der Waals surface area contributed by atoms with Gasteiger partial charge in [0, 0.05) is 5.39 Å². The van der Waals surface area contributed by atoms with Gasteiger partial charge < -0.3 is 14.2 Å². The molecule has 0 fully saturated rings. The molecule has 2 aromatic carbocycles. The Kier molecular flexibility index (Phi) is 5.67. The molecule has 0 aliphatic carbocycles. The van der Waals surface area contributed by atoms with Gasteiger partial charge in [0.05, 0.1) is 18.5 Å². The van der Waals surface area contributed by atoms with Gasteiger partial charge in [-0.05, 0) is 61.5 Å². The average molecular weight is 426 g/mol. The summed E-state index contributed by atoms with van der Waals surface area (Å²) in [6.45, 7) is 2.24. The number of fused-ring (bicyclic) bond motifs is 1. The van der Waals surface area contributed by atoms with Gasteiger partial charge in [-0.25, -0.2) is 13.9 Å². The molecule has 30 heavy (non-hydrogen) atoms. The summed E-state index contributed by atoms with van der Waals surface area (Å²) in [6, 6.07) is 15.0. The third-order valence-corrected chi connectivity index (χ3v) is 5.55. The summed E-state index contributed by atoms with van der Waals surface area (Å²) in [5.74, 6) is 0.683. The lowest BCUT2D eigenvalue weighted by Crippen LogP contribution is -2.11. The maximum atomic E-state index is 13.2. The van der Waals surface area contributed by atoms with E-state index in [1.54, 1.807) is 54.3 Å². The first-order valence-electron chi connectivity index (χ1n) is 9.24. The van der Waals surface area contributed by atoms with E-state index in [4.69, 9.17) is 14.2 Å². The Morgan fingerprint density at radius 3 is 2.47 bits per heavy atom. The number of nitrogens with zero attached hydrogens (tertiary/aromatic N) is 2. The second-order valence-corrected chi connectivity index (χ2v) is 7.49. The van der Waals surface area contributed by atoms with Gasteiger partial charge in [-0.2, -0.15) is 5.10 Å². The highest BCUT2D eigenvalue weighted by Crippen LogP contribution is 2.31. The number of benzene rings is 2. The molecule has 154 valence electrons. The van der Waals surface area contributed by atoms with Crippen molar-refractivity contribution in [2.75, 3.05) is 20.3 Å². The van der Waals surface area contributed by atoms with Crippen molar-refractivity contribution in [3.63, 3.8) is 0 Å². The zero-order valence-corrected chi connectivity index (χ0v) is 17.2. The summed E-state index contributed by atoms with van der Waals surface area (Å²) >= 11 is 1.29. The number of aryl methyl sites for hydroxylation is 1. The van der Waals surface area contributed by atoms with E-state index in [-0.39, 0.29) is 19.0 Å². The number of halogens is 1. The minimum absolute atomic E-state index is 0.127. The molecule has 6 nitrogen and oxygen atoms in total. The van der Waals surface area contributed by atoms with Gasteiger partial charge in [0.2, 0.25) is 0 Å². The number of rotatable bonds is 7. The molecule has 2 heterocycles. The molecule has 0 unspecified atom stereocenters. The Morgan fingerprint density at radius 2 is 1.77 bits per heavy atom. The van der Waals surface area contributed by atoms with E-state index >= 15 is 0 Å². The van der Waals surface area contributed by atoms with Gasteiger partial charge in [0.1, 0.15) is 40.2 Å². The van der Waals surface area contributed by atoms with Gasteiger partial charge in [0.25, 0.3) is 0 Å². The predicted molar refractivity (Wildman–Crippen MR) is 112 cm³/mol. The van der Waals surface area contributed by atoms with E-state index in [0.717, 1.165) is 27.3 Å². The van der Waals surface area contributed by atoms with Gasteiger partial charge in [-0.3, -0.25) is 0 Å². The summed E-state index contributed by atoms with van der Waals surface area (Å²) in [5.41, 5.74) is 1.51. The predicted octanol–water partition coefficient (Wildman–Crippen LogP) is 4.78. The zero-order valence-electron chi connectivity index (χ0n) is 16.4. The van der Waals surface area contributed by atoms with E-state index in [9.17, 15) is 9.18 Å². The Labute approximate surface area is 176 Å². The Morgan fingerprint density at radius 1 is 1.07 bits per heavy atom. The number of hydrogen-bond acceptors (Lipinski definition) is 6. The van der Waals surface area contributed by atoms with Crippen molar-refractivity contribution < 1.29 is 23.4 Å². The first kappa shape index (κ1) is 19.9. The highest BCUT2D eigenvalue weighted by Gasteiger charge is 2.18. The molecule has 0 amide bonds. The third-order valence-electron chi connectivity index (χ3n) is 4.46. The number of carbonyl (C=O) groups excluding carboxylic acids is 1. The second kappa shape index (κ2) is 8.54. The van der Waals surface area contributed by atoms with Crippen LogP contribution in [0.5, 0.6) is 11.5 Å². The fourth-order valence-electron chi connectivity index (χ4n) is 2.94. The molecule has 0 aliphatic heterocycles. The first-order valence-corrected chi connectivity index (χ1v) is 10.1. The quantitative estimate of drug-likeness (QED) is 0.314. The van der Waals surface area contributed by atoms with Crippen molar-refractivity contribution in [3.05, 3.63) is 71.0 Å². The monoisotopic (exact) mass is 426 g/mol. The van der Waals surface area contributed by atoms with Gasteiger partial charge in [0.15, 0.2) is 0 Å². The van der Waals surface area contributed by atoms with Crippen LogP contribution in [-0.2, 0) is 4.74 Å². The van der Waals surface area contributed by atoms with E-state index < -0.39 is 5.97 Å². The maximum absolute atomic E-state index is 13.2. The van der Waals surface area contributed by atoms with Gasteiger partial charge in [-0.15, -0.1) is 11.3 Å². The molecular weight excluding hydrogens is 407 g/mol. The fourth-order valence-corrected chi connectivity index (χ4v) is 4.02. The molecule has 0 radical (unpaired) electrons. The van der Waals surface area contributed by atoms with Gasteiger partial charge in [-0.1, -0.05) is 0 Å². The largest absolute Gasteiger partial charge is 0.497 e. The van der Waals surface area contributed by atoms with Crippen LogP contribution in [0.2, 0.25) is 0 Å². The second-order valence-electron chi connectivity index (χ2n) is 6.46. The SMILES string of the molecule is COc1ccc(OCCOC(=O)c2cc3c(C)nn(-c4ccc(F)cc4)c3s2)cc1. The molecule has 0 atom stereocenters. The summed E-state index contributed by atoms with van der Waals surface area (Å²) in [5, 5.41) is 5.36. The Bertz CT molecular complexity index is 1170. The van der Waals surface area contributed by atoms with Crippen LogP contribution in [0.1, 0.15) is 15.4 Å². The highest BCUT2D eigenvalue weighted by atomic mass is 32.1. The van der Waals surface area contributed by atoms with E-state index in [1.165, 1.54) is 23.5 Å². The Hall–Kier alpha value is -3.39. The number of aromatic nitrogens is 2. The molecule has 0 spiro atoms. The van der Waals surface area contributed by atoms with Crippen LogP contribution >= 0.6 is 11.3 Å². The third kappa shape index (κ3) is 4.13. The number of esters is 1. The molecule has 0 saturated carbocycles. The molecule has 2 aromatic heterocycles. The normalized spacial score (nSPS) is 10.9. The van der Waals surface area contributed by atoms with Crippen LogP contribution in [0.25, 0.3) is 15.9 Å². The molecule has 0 N–H and O–H groups in total. The van der Waals surface area contributed by atoms with E-state index in [1.807, 2.05) is 6.92 Å². The maximum Gasteiger partial charge on any atom is 0.348 e. The van der Waals surface area contributed by atoms with Crippen LogP contribution in [0.3, 0.4) is 0 Å². The lowest BCUT2D eigenvalue weighted by Gasteiger charge is -2.07. The number of thiophene rings is 1. The molecule has 0 saturated heterocycles. The summed E-state index contributed by atoms with van der Waals surface area (Å²) in [6.07, 6.45) is 0. The first-order chi connectivity index (χ1) is 14.5. The van der Waals surface area contributed by atoms with Crippen LogP contribution in [0.15, 0.2) is 54.6 Å². The molecule has 4 aromatic rings. The standard InChI is InChI=1S/C22H19FN2O4S/c1-14-19-13-20(30-21(19)25(24-14)16-5-3-15(23)4-6-16)22(26)29-12-11-28-18-9-7-17(27-2)8-10-18/h3-10,13H,11-12H2,1-2H3. The van der Waals surface area contributed by atoms with Crippen molar-refractivity contribution in [1.29, 1.82) is 0 Å². The van der Waals surface area contributed by atoms with Gasteiger partial charge >= 0.3 is 5.97 Å². The minimum atomic E-state index is -0.417. The lowest BCUT2D eigenvalue weighted by molar-refractivity contribution is 0.0456. The van der Waals surface area contributed by atoms with Crippen LogP contribution in [0, 0.1) is 12.7 Å². The molecule has 0 bridgehead atoms. The van der Waals surface area contributed by atoms with Crippen molar-refractivity contribution in [2.24, 2.45) is 0 Å². The number of hydrogen-bond donors (Lipinski definition) is 0. The van der Waals surface area contributed by atoms with Crippen molar-refractivity contribution in [1.82, 2.24) is 9.78 Å². The summed E-state index contributed by atoms with van der Waals surface area (Å²) in [7, 11) is 1.60. The lowest BCUT2D eigenvalue weighted by atomic mass is 10.3. The van der Waals surface area contributed by atoms with Crippen LogP contribution in [0.4, 0.5) is 4.39 Å². The van der Waals surface area contributed by atoms with E-state index in [2.05, 4.69) is 5.10 Å². The number of methoxy groups -OCH3 is 1. The highest BCUT2D eigenvalue weighted by molar-refractivity contribution is 7.20. The molecular formula is C22H19FN2O4S. The van der Waals surface area contributed by atoms with Crippen molar-refractivity contribution in [2.45, 2.75) is 6.92 Å². The summed E-state index contributed by atoms with van der Waals surface area (Å²) in [4.78, 5) is 13.7. The zero-order chi connectivity index (χ0) is 21.1. The molecule has 8 heteroatoms. The molecule has 0 aliphatic rings. The Balaban J connectivity index is 1.41. The number of carbonyl (C=O) groups is 1. The number of ether oxygens (including phenoxy) is 3. The van der Waals surface area contributed by atoms with Crippen LogP contribution < -0.4 is 9.47 Å². The topological polar surface area (TPSA) is 62.6 Å². The minimum Gasteiger partial charge on any atom is -0.497 e.